The Morgan fingerprint density at radius 2 is 1.19 bits per heavy atom. The van der Waals surface area contributed by atoms with Crippen molar-refractivity contribution >= 4 is 11.9 Å². The Labute approximate surface area is 250 Å². The molecule has 2 aromatic carbocycles. The van der Waals surface area contributed by atoms with Crippen LogP contribution in [0.5, 0.6) is 0 Å². The van der Waals surface area contributed by atoms with Crippen LogP contribution in [0.15, 0.2) is 54.6 Å². The molecule has 2 aromatic rings. The second-order valence-corrected chi connectivity index (χ2v) is 14.2. The molecule has 2 fully saturated rings. The zero-order chi connectivity index (χ0) is 30.9. The molecule has 230 valence electrons. The predicted molar refractivity (Wildman–Crippen MR) is 161 cm³/mol. The fourth-order valence-electron chi connectivity index (χ4n) is 6.89. The smallest absolute Gasteiger partial charge is 0.338 e. The number of rotatable bonds is 7. The van der Waals surface area contributed by atoms with E-state index in [0.717, 1.165) is 5.56 Å². The zero-order valence-electron chi connectivity index (χ0n) is 26.2. The summed E-state index contributed by atoms with van der Waals surface area (Å²) in [6.45, 7) is 13.8. The lowest BCUT2D eigenvalue weighted by atomic mass is 9.74. The lowest BCUT2D eigenvalue weighted by Gasteiger charge is -2.54. The van der Waals surface area contributed by atoms with Gasteiger partial charge in [-0.2, -0.15) is 10.1 Å². The standard InChI is InChI=1S/C34H48N2O6/c1-24-13-15-26(16-14-24)30(38)41-27-17-18-31(2,3)35(39)33(6,22-27)19-20-34(7)23-28(21-32(4,5)36(34)40)42-29(37)25-11-9-8-10-12-25/h8-16,27-28,39-40H,17-23H2,1-7H3. The van der Waals surface area contributed by atoms with Gasteiger partial charge in [0.2, 0.25) is 0 Å². The molecule has 4 rings (SSSR count). The molecule has 0 radical (unpaired) electrons. The minimum absolute atomic E-state index is 0.364. The van der Waals surface area contributed by atoms with Crippen molar-refractivity contribution in [1.29, 1.82) is 0 Å². The first-order valence-electron chi connectivity index (χ1n) is 15.1. The zero-order valence-corrected chi connectivity index (χ0v) is 26.2. The summed E-state index contributed by atoms with van der Waals surface area (Å²) in [5.74, 6) is -0.737. The van der Waals surface area contributed by atoms with Gasteiger partial charge in [0.15, 0.2) is 0 Å². The Morgan fingerprint density at radius 1 is 0.714 bits per heavy atom. The molecule has 2 N–H and O–H groups in total. The first kappa shape index (κ1) is 32.1. The summed E-state index contributed by atoms with van der Waals surface area (Å²) < 4.78 is 12.0. The van der Waals surface area contributed by atoms with E-state index in [4.69, 9.17) is 9.47 Å². The number of hydrogen-bond acceptors (Lipinski definition) is 8. The maximum Gasteiger partial charge on any atom is 0.338 e. The van der Waals surface area contributed by atoms with Gasteiger partial charge in [0.25, 0.3) is 0 Å². The number of carbonyl (C=O) groups excluding carboxylic acids is 2. The van der Waals surface area contributed by atoms with E-state index in [1.54, 1.807) is 24.3 Å². The second kappa shape index (κ2) is 12.1. The SMILES string of the molecule is Cc1ccc(C(=O)OC2CCC(C)(C)N(O)C(C)(CCC3(C)CC(OC(=O)c4ccccc4)CC(C)(C)N3O)C2)cc1. The number of esters is 2. The third-order valence-electron chi connectivity index (χ3n) is 9.36. The quantitative estimate of drug-likeness (QED) is 0.339. The fraction of sp³-hybridized carbons (Fsp3) is 0.588. The molecular weight excluding hydrogens is 532 g/mol. The molecule has 2 heterocycles. The van der Waals surface area contributed by atoms with Crippen LogP contribution >= 0.6 is 0 Å². The van der Waals surface area contributed by atoms with Gasteiger partial charge in [0.1, 0.15) is 12.2 Å². The van der Waals surface area contributed by atoms with Crippen molar-refractivity contribution in [1.82, 2.24) is 10.1 Å². The van der Waals surface area contributed by atoms with Crippen LogP contribution in [0.3, 0.4) is 0 Å². The van der Waals surface area contributed by atoms with Crippen LogP contribution in [-0.4, -0.2) is 66.8 Å². The highest BCUT2D eigenvalue weighted by molar-refractivity contribution is 5.90. The Balaban J connectivity index is 1.51. The average molecular weight is 581 g/mol. The van der Waals surface area contributed by atoms with Gasteiger partial charge in [0.05, 0.1) is 11.1 Å². The second-order valence-electron chi connectivity index (χ2n) is 14.2. The predicted octanol–water partition coefficient (Wildman–Crippen LogP) is 6.96. The lowest BCUT2D eigenvalue weighted by molar-refractivity contribution is -0.271. The molecule has 8 heteroatoms. The molecule has 42 heavy (non-hydrogen) atoms. The van der Waals surface area contributed by atoms with Crippen molar-refractivity contribution in [3.8, 4) is 0 Å². The summed E-state index contributed by atoms with van der Waals surface area (Å²) in [4.78, 5) is 25.9. The van der Waals surface area contributed by atoms with E-state index in [2.05, 4.69) is 0 Å². The number of ether oxygens (including phenoxy) is 2. The molecule has 0 spiro atoms. The van der Waals surface area contributed by atoms with E-state index in [9.17, 15) is 20.0 Å². The molecule has 2 aliphatic heterocycles. The number of benzene rings is 2. The number of hydroxylamine groups is 4. The van der Waals surface area contributed by atoms with Crippen molar-refractivity contribution < 1.29 is 29.5 Å². The molecule has 0 aliphatic carbocycles. The topological polar surface area (TPSA) is 99.5 Å². The van der Waals surface area contributed by atoms with E-state index in [0.29, 0.717) is 56.1 Å². The molecule has 4 atom stereocenters. The van der Waals surface area contributed by atoms with Crippen molar-refractivity contribution in [2.24, 2.45) is 0 Å². The molecule has 2 aliphatic rings. The number of nitrogens with zero attached hydrogens (tertiary/aromatic N) is 2. The Kier molecular flexibility index (Phi) is 9.24. The highest BCUT2D eigenvalue weighted by Crippen LogP contribution is 2.45. The summed E-state index contributed by atoms with van der Waals surface area (Å²) in [6.07, 6.45) is 2.95. The lowest BCUT2D eigenvalue weighted by Crippen LogP contribution is -2.63. The summed E-state index contributed by atoms with van der Waals surface area (Å²) in [5.41, 5.74) is -0.560. The Morgan fingerprint density at radius 3 is 1.76 bits per heavy atom. The highest BCUT2D eigenvalue weighted by atomic mass is 16.6. The molecule has 2 saturated heterocycles. The van der Waals surface area contributed by atoms with Crippen LogP contribution in [-0.2, 0) is 9.47 Å². The summed E-state index contributed by atoms with van der Waals surface area (Å²) >= 11 is 0. The first-order valence-corrected chi connectivity index (χ1v) is 15.1. The van der Waals surface area contributed by atoms with Crippen molar-refractivity contribution in [2.45, 2.75) is 128 Å². The van der Waals surface area contributed by atoms with Crippen LogP contribution in [0.1, 0.15) is 113 Å². The third kappa shape index (κ3) is 7.05. The maximum absolute atomic E-state index is 13.0. The fourth-order valence-corrected chi connectivity index (χ4v) is 6.89. The number of piperidine rings is 1. The van der Waals surface area contributed by atoms with Gasteiger partial charge in [-0.1, -0.05) is 35.9 Å². The molecule has 0 bridgehead atoms. The largest absolute Gasteiger partial charge is 0.459 e. The average Bonchev–Trinajstić information content (AvgIpc) is 3.01. The summed E-state index contributed by atoms with van der Waals surface area (Å²) in [6, 6.07) is 16.3. The van der Waals surface area contributed by atoms with Gasteiger partial charge >= 0.3 is 11.9 Å². The van der Waals surface area contributed by atoms with Gasteiger partial charge in [0, 0.05) is 41.4 Å². The van der Waals surface area contributed by atoms with E-state index >= 15 is 0 Å². The molecule has 0 saturated carbocycles. The van der Waals surface area contributed by atoms with Crippen molar-refractivity contribution in [3.63, 3.8) is 0 Å². The maximum atomic E-state index is 13.0. The van der Waals surface area contributed by atoms with Gasteiger partial charge < -0.3 is 19.9 Å². The van der Waals surface area contributed by atoms with E-state index in [1.165, 1.54) is 10.1 Å². The normalized spacial score (nSPS) is 29.8. The third-order valence-corrected chi connectivity index (χ3v) is 9.36. The molecule has 8 nitrogen and oxygen atoms in total. The van der Waals surface area contributed by atoms with Crippen LogP contribution < -0.4 is 0 Å². The van der Waals surface area contributed by atoms with Gasteiger partial charge in [-0.05, 0) is 98.4 Å². The Bertz CT molecular complexity index is 1250. The summed E-state index contributed by atoms with van der Waals surface area (Å²) in [7, 11) is 0. The van der Waals surface area contributed by atoms with Crippen molar-refractivity contribution in [2.75, 3.05) is 0 Å². The number of hydrogen-bond donors (Lipinski definition) is 2. The minimum Gasteiger partial charge on any atom is -0.459 e. The summed E-state index contributed by atoms with van der Waals surface area (Å²) in [5, 5.41) is 25.8. The van der Waals surface area contributed by atoms with Crippen LogP contribution in [0.4, 0.5) is 0 Å². The number of aryl methyl sites for hydroxylation is 1. The van der Waals surface area contributed by atoms with E-state index in [1.807, 2.05) is 78.8 Å². The minimum atomic E-state index is -0.736. The van der Waals surface area contributed by atoms with E-state index in [-0.39, 0.29) is 24.1 Å². The van der Waals surface area contributed by atoms with E-state index < -0.39 is 22.2 Å². The molecular formula is C34H48N2O6. The first-order chi connectivity index (χ1) is 19.5. The number of carbonyl (C=O) groups is 2. The van der Waals surface area contributed by atoms with Gasteiger partial charge in [-0.25, -0.2) is 9.59 Å². The van der Waals surface area contributed by atoms with Crippen LogP contribution in [0.25, 0.3) is 0 Å². The monoisotopic (exact) mass is 580 g/mol. The van der Waals surface area contributed by atoms with Crippen LogP contribution in [0, 0.1) is 6.92 Å². The molecule has 0 aromatic heterocycles. The van der Waals surface area contributed by atoms with Crippen LogP contribution in [0.2, 0.25) is 0 Å². The Hall–Kier alpha value is -2.78. The molecule has 0 amide bonds. The van der Waals surface area contributed by atoms with Crippen molar-refractivity contribution in [3.05, 3.63) is 71.3 Å². The van der Waals surface area contributed by atoms with Gasteiger partial charge in [-0.15, -0.1) is 0 Å². The van der Waals surface area contributed by atoms with Gasteiger partial charge in [-0.3, -0.25) is 0 Å². The molecule has 4 unspecified atom stereocenters. The highest BCUT2D eigenvalue weighted by Gasteiger charge is 2.51.